The van der Waals surface area contributed by atoms with Gasteiger partial charge in [-0.3, -0.25) is 0 Å². The first-order valence-corrected chi connectivity index (χ1v) is 3.30. The van der Waals surface area contributed by atoms with E-state index in [2.05, 4.69) is 16.4 Å². The van der Waals surface area contributed by atoms with Crippen LogP contribution in [-0.2, 0) is 0 Å². The highest BCUT2D eigenvalue weighted by Gasteiger charge is 2.06. The van der Waals surface area contributed by atoms with E-state index in [4.69, 9.17) is 11.6 Å². The monoisotopic (exact) mass is 155 g/mol. The lowest BCUT2D eigenvalue weighted by Crippen LogP contribution is -2.19. The summed E-state index contributed by atoms with van der Waals surface area (Å²) >= 11 is 5.73. The summed E-state index contributed by atoms with van der Waals surface area (Å²) in [6, 6.07) is 5.59. The molecular weight excluding hydrogens is 150 g/mol. The zero-order valence-corrected chi connectivity index (χ0v) is 5.87. The summed E-state index contributed by atoms with van der Waals surface area (Å²) in [6.45, 7) is 0. The van der Waals surface area contributed by atoms with Gasteiger partial charge in [0.15, 0.2) is 0 Å². The minimum Gasteiger partial charge on any atom is -0.302 e. The van der Waals surface area contributed by atoms with E-state index in [1.165, 1.54) is 0 Å². The third-order valence-electron chi connectivity index (χ3n) is 1.38. The zero-order chi connectivity index (χ0) is 6.97. The lowest BCUT2D eigenvalue weighted by Gasteiger charge is -1.94. The molecule has 0 saturated heterocycles. The van der Waals surface area contributed by atoms with Crippen LogP contribution < -0.4 is 16.4 Å². The fraction of sp³-hybridized carbons (Fsp3) is 0. The average Bonchev–Trinajstić information content (AvgIpc) is 2.33. The van der Waals surface area contributed by atoms with Gasteiger partial charge >= 0.3 is 0 Å². The predicted molar refractivity (Wildman–Crippen MR) is 41.8 cm³/mol. The lowest BCUT2D eigenvalue weighted by atomic mass is 10.3. The van der Waals surface area contributed by atoms with Crippen molar-refractivity contribution in [2.75, 3.05) is 10.9 Å². The van der Waals surface area contributed by atoms with Crippen molar-refractivity contribution in [3.05, 3.63) is 23.2 Å². The van der Waals surface area contributed by atoms with Crippen molar-refractivity contribution in [3.8, 4) is 0 Å². The molecule has 1 aromatic carbocycles. The third-order valence-corrected chi connectivity index (χ3v) is 1.61. The molecule has 0 atom stereocenters. The van der Waals surface area contributed by atoms with Gasteiger partial charge < -0.3 is 10.9 Å². The van der Waals surface area contributed by atoms with Crippen molar-refractivity contribution in [1.29, 1.82) is 0 Å². The van der Waals surface area contributed by atoms with Gasteiger partial charge in [0, 0.05) is 5.02 Å². The number of fused-ring (bicyclic) bond motifs is 1. The second-order valence-corrected chi connectivity index (χ2v) is 2.50. The van der Waals surface area contributed by atoms with Crippen molar-refractivity contribution < 1.29 is 0 Å². The molecule has 0 spiro atoms. The molecule has 0 fully saturated rings. The van der Waals surface area contributed by atoms with Gasteiger partial charge in [0.25, 0.3) is 0 Å². The summed E-state index contributed by atoms with van der Waals surface area (Å²) in [5, 5.41) is 0.733. The maximum Gasteiger partial charge on any atom is 0.0765 e. The summed E-state index contributed by atoms with van der Waals surface area (Å²) in [7, 11) is 0. The maximum absolute atomic E-state index is 5.73. The Kier molecular flexibility index (Phi) is 1.19. The lowest BCUT2D eigenvalue weighted by molar-refractivity contribution is 1.01. The summed E-state index contributed by atoms with van der Waals surface area (Å²) in [5.74, 6) is 0. The summed E-state index contributed by atoms with van der Waals surface area (Å²) < 4.78 is 0. The highest BCUT2D eigenvalue weighted by Crippen LogP contribution is 2.26. The van der Waals surface area contributed by atoms with Crippen LogP contribution in [0, 0.1) is 0 Å². The third kappa shape index (κ3) is 0.798. The smallest absolute Gasteiger partial charge is 0.0765 e. The number of rotatable bonds is 0. The first-order chi connectivity index (χ1) is 4.86. The van der Waals surface area contributed by atoms with E-state index in [-0.39, 0.29) is 0 Å². The molecule has 0 radical (unpaired) electrons. The first kappa shape index (κ1) is 5.82. The zero-order valence-electron chi connectivity index (χ0n) is 5.11. The molecule has 0 aliphatic carbocycles. The van der Waals surface area contributed by atoms with Gasteiger partial charge in [-0.25, -0.2) is 0 Å². The SMILES string of the molecule is Clc1ccc2c(c1)NNN2. The van der Waals surface area contributed by atoms with E-state index >= 15 is 0 Å². The molecule has 3 nitrogen and oxygen atoms in total. The molecular formula is C6H6ClN3. The number of hydrazine groups is 2. The quantitative estimate of drug-likeness (QED) is 0.533. The Morgan fingerprint density at radius 2 is 1.90 bits per heavy atom. The minimum atomic E-state index is 0.733. The highest BCUT2D eigenvalue weighted by molar-refractivity contribution is 6.31. The number of hydrogen-bond donors (Lipinski definition) is 3. The molecule has 1 aliphatic rings. The summed E-state index contributed by atoms with van der Waals surface area (Å²) in [4.78, 5) is 0. The maximum atomic E-state index is 5.73. The van der Waals surface area contributed by atoms with Crippen molar-refractivity contribution in [2.45, 2.75) is 0 Å². The summed E-state index contributed by atoms with van der Waals surface area (Å²) in [6.07, 6.45) is 0. The van der Waals surface area contributed by atoms with Crippen LogP contribution in [0.25, 0.3) is 0 Å². The molecule has 0 bridgehead atoms. The molecule has 1 aliphatic heterocycles. The van der Waals surface area contributed by atoms with Gasteiger partial charge in [-0.05, 0) is 18.2 Å². The topological polar surface area (TPSA) is 36.1 Å². The second-order valence-electron chi connectivity index (χ2n) is 2.06. The molecule has 2 rings (SSSR count). The Bertz CT molecular complexity index is 261. The number of benzene rings is 1. The highest BCUT2D eigenvalue weighted by atomic mass is 35.5. The molecule has 0 amide bonds. The van der Waals surface area contributed by atoms with E-state index in [1.807, 2.05) is 18.2 Å². The average molecular weight is 156 g/mol. The van der Waals surface area contributed by atoms with Crippen molar-refractivity contribution in [1.82, 2.24) is 5.53 Å². The predicted octanol–water partition coefficient (Wildman–Crippen LogP) is 1.60. The molecule has 1 heterocycles. The first-order valence-electron chi connectivity index (χ1n) is 2.93. The minimum absolute atomic E-state index is 0.733. The Labute approximate surface area is 63.3 Å². The number of hydrogen-bond acceptors (Lipinski definition) is 3. The Hall–Kier alpha value is -0.930. The fourth-order valence-electron chi connectivity index (χ4n) is 0.895. The van der Waals surface area contributed by atoms with Gasteiger partial charge in [0.1, 0.15) is 0 Å². The Morgan fingerprint density at radius 3 is 2.80 bits per heavy atom. The molecule has 52 valence electrons. The van der Waals surface area contributed by atoms with Crippen molar-refractivity contribution in [2.24, 2.45) is 0 Å². The van der Waals surface area contributed by atoms with E-state index < -0.39 is 0 Å². The molecule has 4 heteroatoms. The number of halogens is 1. The molecule has 10 heavy (non-hydrogen) atoms. The van der Waals surface area contributed by atoms with Crippen LogP contribution in [0.5, 0.6) is 0 Å². The van der Waals surface area contributed by atoms with E-state index in [0.29, 0.717) is 0 Å². The second kappa shape index (κ2) is 2.04. The van der Waals surface area contributed by atoms with E-state index in [0.717, 1.165) is 16.4 Å². The van der Waals surface area contributed by atoms with Gasteiger partial charge in [-0.1, -0.05) is 11.6 Å². The standard InChI is InChI=1S/C6H6ClN3/c7-4-1-2-5-6(3-4)9-10-8-5/h1-3,8-10H. The number of anilines is 2. The van der Waals surface area contributed by atoms with Crippen molar-refractivity contribution >= 4 is 23.0 Å². The Morgan fingerprint density at radius 1 is 1.10 bits per heavy atom. The summed E-state index contributed by atoms with van der Waals surface area (Å²) in [5.41, 5.74) is 10.6. The van der Waals surface area contributed by atoms with Crippen LogP contribution >= 0.6 is 11.6 Å². The van der Waals surface area contributed by atoms with Crippen LogP contribution in [0.3, 0.4) is 0 Å². The van der Waals surface area contributed by atoms with Crippen LogP contribution in [-0.4, -0.2) is 0 Å². The van der Waals surface area contributed by atoms with Crippen molar-refractivity contribution in [3.63, 3.8) is 0 Å². The molecule has 0 aromatic heterocycles. The molecule has 1 aromatic rings. The van der Waals surface area contributed by atoms with Gasteiger partial charge in [0.2, 0.25) is 0 Å². The Balaban J connectivity index is 2.52. The van der Waals surface area contributed by atoms with Crippen LogP contribution in [0.4, 0.5) is 11.4 Å². The fourth-order valence-corrected chi connectivity index (χ4v) is 1.07. The van der Waals surface area contributed by atoms with Gasteiger partial charge in [-0.15, -0.1) is 5.53 Å². The molecule has 0 saturated carbocycles. The van der Waals surface area contributed by atoms with Crippen LogP contribution in [0.2, 0.25) is 5.02 Å². The normalized spacial score (nSPS) is 13.7. The molecule has 0 unspecified atom stereocenters. The largest absolute Gasteiger partial charge is 0.302 e. The van der Waals surface area contributed by atoms with E-state index in [9.17, 15) is 0 Å². The van der Waals surface area contributed by atoms with Gasteiger partial charge in [0.05, 0.1) is 11.4 Å². The van der Waals surface area contributed by atoms with Gasteiger partial charge in [-0.2, -0.15) is 0 Å². The number of nitrogens with one attached hydrogen (secondary N) is 3. The van der Waals surface area contributed by atoms with Crippen LogP contribution in [0.1, 0.15) is 0 Å². The van der Waals surface area contributed by atoms with Crippen LogP contribution in [0.15, 0.2) is 18.2 Å². The molecule has 3 N–H and O–H groups in total. The van der Waals surface area contributed by atoms with E-state index in [1.54, 1.807) is 0 Å².